The van der Waals surface area contributed by atoms with E-state index >= 15 is 0 Å². The Hall–Kier alpha value is -0.830. The molecule has 0 aliphatic heterocycles. The lowest BCUT2D eigenvalue weighted by Crippen LogP contribution is -2.30. The Bertz CT molecular complexity index is 201. The molecule has 1 atom stereocenters. The number of hydrogen-bond acceptors (Lipinski definition) is 3. The van der Waals surface area contributed by atoms with Gasteiger partial charge in [-0.3, -0.25) is 4.79 Å². The lowest BCUT2D eigenvalue weighted by molar-refractivity contribution is -0.140. The number of hydrogen-bond donors (Lipinski definition) is 1. The molecule has 0 fully saturated rings. The molecule has 0 heterocycles. The Kier molecular flexibility index (Phi) is 5.30. The Labute approximate surface area is 85.5 Å². The van der Waals surface area contributed by atoms with Gasteiger partial charge in [-0.2, -0.15) is 0 Å². The van der Waals surface area contributed by atoms with Gasteiger partial charge in [0.25, 0.3) is 0 Å². The molecule has 14 heavy (non-hydrogen) atoms. The Morgan fingerprint density at radius 3 is 3.07 bits per heavy atom. The van der Waals surface area contributed by atoms with Crippen LogP contribution in [0.2, 0.25) is 0 Å². The van der Waals surface area contributed by atoms with Crippen LogP contribution in [0.15, 0.2) is 12.2 Å². The highest BCUT2D eigenvalue weighted by Gasteiger charge is 2.08. The number of methoxy groups -OCH3 is 1. The van der Waals surface area contributed by atoms with Crippen molar-refractivity contribution in [1.29, 1.82) is 0 Å². The summed E-state index contributed by atoms with van der Waals surface area (Å²) in [5, 5.41) is 3.44. The Morgan fingerprint density at radius 1 is 1.57 bits per heavy atom. The number of ether oxygens (including phenoxy) is 1. The van der Waals surface area contributed by atoms with Crippen LogP contribution in [0.25, 0.3) is 0 Å². The predicted octanol–water partition coefficient (Wildman–Crippen LogP) is 1.64. The van der Waals surface area contributed by atoms with Crippen LogP contribution in [0.5, 0.6) is 0 Å². The first-order chi connectivity index (χ1) is 6.83. The van der Waals surface area contributed by atoms with Gasteiger partial charge in [0.1, 0.15) is 0 Å². The molecule has 1 unspecified atom stereocenters. The van der Waals surface area contributed by atoms with E-state index in [9.17, 15) is 4.79 Å². The molecule has 0 aromatic heterocycles. The van der Waals surface area contributed by atoms with Crippen LogP contribution < -0.4 is 5.32 Å². The molecule has 1 N–H and O–H groups in total. The van der Waals surface area contributed by atoms with E-state index in [1.807, 2.05) is 0 Å². The van der Waals surface area contributed by atoms with Crippen molar-refractivity contribution in [2.24, 2.45) is 0 Å². The number of carbonyl (C=O) groups is 1. The van der Waals surface area contributed by atoms with E-state index < -0.39 is 0 Å². The molecular weight excluding hydrogens is 178 g/mol. The first-order valence-electron chi connectivity index (χ1n) is 5.28. The van der Waals surface area contributed by atoms with E-state index in [0.717, 1.165) is 19.4 Å². The second kappa shape index (κ2) is 6.60. The maximum absolute atomic E-state index is 10.8. The van der Waals surface area contributed by atoms with Crippen molar-refractivity contribution in [2.75, 3.05) is 13.7 Å². The maximum Gasteiger partial charge on any atom is 0.305 e. The van der Waals surface area contributed by atoms with E-state index in [1.165, 1.54) is 20.0 Å². The highest BCUT2D eigenvalue weighted by atomic mass is 16.5. The Morgan fingerprint density at radius 2 is 2.43 bits per heavy atom. The van der Waals surface area contributed by atoms with Crippen molar-refractivity contribution in [2.45, 2.75) is 38.1 Å². The molecular formula is C11H19NO2. The van der Waals surface area contributed by atoms with Crippen LogP contribution in [-0.4, -0.2) is 25.7 Å². The molecule has 80 valence electrons. The van der Waals surface area contributed by atoms with Gasteiger partial charge in [0, 0.05) is 12.5 Å². The van der Waals surface area contributed by atoms with Gasteiger partial charge >= 0.3 is 5.97 Å². The van der Waals surface area contributed by atoms with Crippen LogP contribution in [0, 0.1) is 0 Å². The average Bonchev–Trinajstić information content (AvgIpc) is 2.25. The van der Waals surface area contributed by atoms with Gasteiger partial charge in [0.05, 0.1) is 7.11 Å². The van der Waals surface area contributed by atoms with Gasteiger partial charge in [0.15, 0.2) is 0 Å². The molecule has 0 radical (unpaired) electrons. The fourth-order valence-corrected chi connectivity index (χ4v) is 1.62. The molecule has 0 spiro atoms. The van der Waals surface area contributed by atoms with Gasteiger partial charge in [-0.1, -0.05) is 12.2 Å². The molecule has 3 heteroatoms. The maximum atomic E-state index is 10.8. The monoisotopic (exact) mass is 197 g/mol. The second-order valence-corrected chi connectivity index (χ2v) is 3.62. The van der Waals surface area contributed by atoms with Crippen molar-refractivity contribution < 1.29 is 9.53 Å². The largest absolute Gasteiger partial charge is 0.469 e. The summed E-state index contributed by atoms with van der Waals surface area (Å²) in [6.07, 6.45) is 9.36. The van der Waals surface area contributed by atoms with E-state index in [-0.39, 0.29) is 5.97 Å². The first-order valence-corrected chi connectivity index (χ1v) is 5.28. The predicted molar refractivity (Wildman–Crippen MR) is 56.0 cm³/mol. The number of nitrogens with one attached hydrogen (secondary N) is 1. The molecule has 0 aromatic rings. The van der Waals surface area contributed by atoms with E-state index in [4.69, 9.17) is 0 Å². The standard InChI is InChI=1S/C11H19NO2/c1-14-11(13)8-5-9-12-10-6-3-2-4-7-10/h2-3,10,12H,4-9H2,1H3. The minimum Gasteiger partial charge on any atom is -0.469 e. The van der Waals surface area contributed by atoms with E-state index in [0.29, 0.717) is 12.5 Å². The number of allylic oxidation sites excluding steroid dienone is 1. The summed E-state index contributed by atoms with van der Waals surface area (Å²) in [5.74, 6) is -0.115. The third-order valence-corrected chi connectivity index (χ3v) is 2.49. The molecule has 3 nitrogen and oxygen atoms in total. The number of esters is 1. The topological polar surface area (TPSA) is 38.3 Å². The molecule has 1 aliphatic carbocycles. The zero-order valence-corrected chi connectivity index (χ0v) is 8.79. The summed E-state index contributed by atoms with van der Waals surface area (Å²) in [7, 11) is 1.43. The summed E-state index contributed by atoms with van der Waals surface area (Å²) in [6, 6.07) is 0.609. The normalized spacial score (nSPS) is 20.8. The molecule has 0 saturated heterocycles. The van der Waals surface area contributed by atoms with E-state index in [1.54, 1.807) is 0 Å². The SMILES string of the molecule is COC(=O)CCCNC1CC=CCC1. The Balaban J connectivity index is 1.98. The quantitative estimate of drug-likeness (QED) is 0.413. The summed E-state index contributed by atoms with van der Waals surface area (Å²) in [6.45, 7) is 0.910. The summed E-state index contributed by atoms with van der Waals surface area (Å²) >= 11 is 0. The van der Waals surface area contributed by atoms with Crippen LogP contribution in [0.1, 0.15) is 32.1 Å². The molecule has 0 aromatic carbocycles. The first kappa shape index (κ1) is 11.2. The van der Waals surface area contributed by atoms with Crippen LogP contribution >= 0.6 is 0 Å². The summed E-state index contributed by atoms with van der Waals surface area (Å²) in [5.41, 5.74) is 0. The van der Waals surface area contributed by atoms with Gasteiger partial charge in [-0.15, -0.1) is 0 Å². The van der Waals surface area contributed by atoms with Crippen molar-refractivity contribution in [3.63, 3.8) is 0 Å². The fourth-order valence-electron chi connectivity index (χ4n) is 1.62. The molecule has 1 aliphatic rings. The van der Waals surface area contributed by atoms with Crippen LogP contribution in [-0.2, 0) is 9.53 Å². The number of rotatable bonds is 5. The van der Waals surface area contributed by atoms with Gasteiger partial charge < -0.3 is 10.1 Å². The average molecular weight is 197 g/mol. The summed E-state index contributed by atoms with van der Waals surface area (Å²) < 4.78 is 4.56. The molecule has 0 bridgehead atoms. The van der Waals surface area contributed by atoms with Crippen molar-refractivity contribution in [3.05, 3.63) is 12.2 Å². The van der Waals surface area contributed by atoms with Crippen molar-refractivity contribution in [3.8, 4) is 0 Å². The van der Waals surface area contributed by atoms with Crippen LogP contribution in [0.3, 0.4) is 0 Å². The highest BCUT2D eigenvalue weighted by Crippen LogP contribution is 2.10. The molecule has 1 rings (SSSR count). The van der Waals surface area contributed by atoms with Gasteiger partial charge in [0.2, 0.25) is 0 Å². The lowest BCUT2D eigenvalue weighted by atomic mass is 10.0. The number of carbonyl (C=O) groups excluding carboxylic acids is 1. The van der Waals surface area contributed by atoms with E-state index in [2.05, 4.69) is 22.2 Å². The van der Waals surface area contributed by atoms with Crippen LogP contribution in [0.4, 0.5) is 0 Å². The summed E-state index contributed by atoms with van der Waals surface area (Å²) in [4.78, 5) is 10.8. The minimum absolute atomic E-state index is 0.115. The van der Waals surface area contributed by atoms with Gasteiger partial charge in [-0.05, 0) is 32.2 Å². The minimum atomic E-state index is -0.115. The molecule has 0 saturated carbocycles. The third-order valence-electron chi connectivity index (χ3n) is 2.49. The zero-order valence-electron chi connectivity index (χ0n) is 8.79. The zero-order chi connectivity index (χ0) is 10.2. The van der Waals surface area contributed by atoms with Crippen molar-refractivity contribution in [1.82, 2.24) is 5.32 Å². The highest BCUT2D eigenvalue weighted by molar-refractivity contribution is 5.69. The smallest absolute Gasteiger partial charge is 0.305 e. The lowest BCUT2D eigenvalue weighted by Gasteiger charge is -2.18. The van der Waals surface area contributed by atoms with Crippen molar-refractivity contribution >= 4 is 5.97 Å². The third kappa shape index (κ3) is 4.42. The fraction of sp³-hybridized carbons (Fsp3) is 0.727. The molecule has 0 amide bonds. The second-order valence-electron chi connectivity index (χ2n) is 3.62. The van der Waals surface area contributed by atoms with Gasteiger partial charge in [-0.25, -0.2) is 0 Å².